The summed E-state index contributed by atoms with van der Waals surface area (Å²) in [5.74, 6) is 0.0568. The summed E-state index contributed by atoms with van der Waals surface area (Å²) in [5, 5.41) is 9.18. The Balaban J connectivity index is 1.35. The summed E-state index contributed by atoms with van der Waals surface area (Å²) >= 11 is 0. The first-order chi connectivity index (χ1) is 18.4. The highest BCUT2D eigenvalue weighted by molar-refractivity contribution is 5.88. The zero-order valence-electron chi connectivity index (χ0n) is 21.3. The van der Waals surface area contributed by atoms with E-state index in [9.17, 15) is 14.7 Å². The van der Waals surface area contributed by atoms with Crippen LogP contribution in [-0.4, -0.2) is 52.7 Å². The van der Waals surface area contributed by atoms with Gasteiger partial charge in [0.25, 0.3) is 0 Å². The Morgan fingerprint density at radius 3 is 2.55 bits per heavy atom. The second kappa shape index (κ2) is 9.42. The van der Waals surface area contributed by atoms with Gasteiger partial charge >= 0.3 is 11.7 Å². The maximum Gasteiger partial charge on any atom is 0.335 e. The number of aromatic carboxylic acids is 1. The quantitative estimate of drug-likeness (QED) is 0.372. The van der Waals surface area contributed by atoms with Gasteiger partial charge in [0.15, 0.2) is 5.65 Å². The number of carbonyl (C=O) groups is 1. The van der Waals surface area contributed by atoms with Crippen molar-refractivity contribution >= 4 is 17.1 Å². The lowest BCUT2D eigenvalue weighted by Gasteiger charge is -2.16. The fourth-order valence-corrected chi connectivity index (χ4v) is 5.42. The summed E-state index contributed by atoms with van der Waals surface area (Å²) < 4.78 is 5.64. The van der Waals surface area contributed by atoms with E-state index in [1.165, 1.54) is 0 Å². The van der Waals surface area contributed by atoms with Crippen molar-refractivity contribution in [2.24, 2.45) is 7.05 Å². The number of hydrogen-bond donors (Lipinski definition) is 1. The van der Waals surface area contributed by atoms with Crippen LogP contribution in [0, 0.1) is 6.92 Å². The van der Waals surface area contributed by atoms with Crippen molar-refractivity contribution in [3.8, 4) is 16.8 Å². The lowest BCUT2D eigenvalue weighted by atomic mass is 10.0. The highest BCUT2D eigenvalue weighted by Crippen LogP contribution is 2.29. The van der Waals surface area contributed by atoms with Crippen molar-refractivity contribution in [3.05, 3.63) is 101 Å². The molecule has 5 aromatic rings. The van der Waals surface area contributed by atoms with Crippen LogP contribution in [-0.2, 0) is 13.6 Å². The average molecular weight is 509 g/mol. The molecule has 6 rings (SSSR count). The SMILES string of the molecule is Cc1cc(-c2ccc(C(=O)O)cc2)ccc1-n1c(=O)n(C2CCN(Cc3nccn3C)C2)c2ncccc21. The van der Waals surface area contributed by atoms with Crippen molar-refractivity contribution in [1.29, 1.82) is 0 Å². The highest BCUT2D eigenvalue weighted by atomic mass is 16.4. The molecule has 9 nitrogen and oxygen atoms in total. The molecular formula is C29H28N6O3. The van der Waals surface area contributed by atoms with Crippen LogP contribution in [0.1, 0.15) is 34.2 Å². The largest absolute Gasteiger partial charge is 0.478 e. The van der Waals surface area contributed by atoms with Gasteiger partial charge in [-0.15, -0.1) is 0 Å². The number of benzene rings is 2. The second-order valence-electron chi connectivity index (χ2n) is 9.85. The van der Waals surface area contributed by atoms with Crippen LogP contribution in [0.25, 0.3) is 28.0 Å². The summed E-state index contributed by atoms with van der Waals surface area (Å²) in [6, 6.07) is 16.6. The molecule has 0 radical (unpaired) electrons. The Morgan fingerprint density at radius 2 is 1.84 bits per heavy atom. The molecule has 38 heavy (non-hydrogen) atoms. The van der Waals surface area contributed by atoms with Gasteiger partial charge in [-0.2, -0.15) is 0 Å². The van der Waals surface area contributed by atoms with E-state index in [4.69, 9.17) is 0 Å². The van der Waals surface area contributed by atoms with Gasteiger partial charge in [0.1, 0.15) is 5.82 Å². The summed E-state index contributed by atoms with van der Waals surface area (Å²) in [4.78, 5) is 36.6. The first-order valence-electron chi connectivity index (χ1n) is 12.6. The van der Waals surface area contributed by atoms with Crippen LogP contribution in [0.3, 0.4) is 0 Å². The molecule has 1 fully saturated rings. The third-order valence-electron chi connectivity index (χ3n) is 7.43. The molecule has 0 saturated carbocycles. The fraction of sp³-hybridized carbons (Fsp3) is 0.241. The van der Waals surface area contributed by atoms with Crippen LogP contribution in [0.2, 0.25) is 0 Å². The van der Waals surface area contributed by atoms with E-state index in [0.29, 0.717) is 5.65 Å². The molecule has 0 spiro atoms. The number of imidazole rings is 2. The summed E-state index contributed by atoms with van der Waals surface area (Å²) in [7, 11) is 2.00. The predicted octanol–water partition coefficient (Wildman–Crippen LogP) is 4.04. The molecular weight excluding hydrogens is 480 g/mol. The van der Waals surface area contributed by atoms with E-state index < -0.39 is 5.97 Å². The minimum atomic E-state index is -0.950. The minimum absolute atomic E-state index is 0.0220. The predicted molar refractivity (Wildman–Crippen MR) is 145 cm³/mol. The van der Waals surface area contributed by atoms with Gasteiger partial charge < -0.3 is 9.67 Å². The van der Waals surface area contributed by atoms with Gasteiger partial charge in [-0.25, -0.2) is 19.6 Å². The molecule has 0 amide bonds. The Kier molecular flexibility index (Phi) is 5.92. The van der Waals surface area contributed by atoms with Crippen molar-refractivity contribution in [2.45, 2.75) is 25.9 Å². The first kappa shape index (κ1) is 23.9. The molecule has 1 aliphatic heterocycles. The molecule has 0 aliphatic carbocycles. The Bertz CT molecular complexity index is 1710. The van der Waals surface area contributed by atoms with Crippen LogP contribution < -0.4 is 5.69 Å². The highest BCUT2D eigenvalue weighted by Gasteiger charge is 2.29. The van der Waals surface area contributed by atoms with Crippen molar-refractivity contribution in [2.75, 3.05) is 13.1 Å². The maximum absolute atomic E-state index is 14.0. The van der Waals surface area contributed by atoms with E-state index in [1.54, 1.807) is 35.0 Å². The van der Waals surface area contributed by atoms with Gasteiger partial charge in [-0.05, 0) is 66.4 Å². The number of carboxylic acid groups (broad SMARTS) is 1. The summed E-state index contributed by atoms with van der Waals surface area (Å²) in [6.45, 7) is 4.38. The van der Waals surface area contributed by atoms with Gasteiger partial charge in [-0.1, -0.05) is 18.2 Å². The number of carboxylic acids is 1. The van der Waals surface area contributed by atoms with Crippen LogP contribution in [0.15, 0.2) is 78.0 Å². The molecule has 1 N–H and O–H groups in total. The monoisotopic (exact) mass is 508 g/mol. The topological polar surface area (TPSA) is 98.2 Å². The molecule has 0 bridgehead atoms. The standard InChI is InChI=1S/C29H28N6O3/c1-19-16-22(20-5-7-21(8-6-20)28(36)37)9-10-24(19)35-25-4-3-12-31-27(25)34(29(35)38)23-11-14-33(17-23)18-26-30-13-15-32(26)2/h3-10,12-13,15-16,23H,11,14,17-18H2,1-2H3,(H,36,37). The van der Waals surface area contributed by atoms with Gasteiger partial charge in [0.2, 0.25) is 0 Å². The number of hydrogen-bond acceptors (Lipinski definition) is 5. The van der Waals surface area contributed by atoms with E-state index in [0.717, 1.165) is 59.8 Å². The fourth-order valence-electron chi connectivity index (χ4n) is 5.42. The van der Waals surface area contributed by atoms with E-state index >= 15 is 0 Å². The molecule has 192 valence electrons. The minimum Gasteiger partial charge on any atom is -0.478 e. The number of pyridine rings is 1. The molecule has 2 aromatic carbocycles. The van der Waals surface area contributed by atoms with Gasteiger partial charge in [0.05, 0.1) is 29.4 Å². The molecule has 4 heterocycles. The van der Waals surface area contributed by atoms with Crippen LogP contribution in [0.4, 0.5) is 0 Å². The number of rotatable bonds is 6. The molecule has 3 aromatic heterocycles. The number of fused-ring (bicyclic) bond motifs is 1. The zero-order valence-corrected chi connectivity index (χ0v) is 21.3. The lowest BCUT2D eigenvalue weighted by Crippen LogP contribution is -2.29. The number of nitrogens with zero attached hydrogens (tertiary/aromatic N) is 6. The number of likely N-dealkylation sites (tertiary alicyclic amines) is 1. The normalized spacial score (nSPS) is 15.9. The zero-order chi connectivity index (χ0) is 26.4. The Hall–Kier alpha value is -4.50. The maximum atomic E-state index is 14.0. The molecule has 1 saturated heterocycles. The molecule has 1 unspecified atom stereocenters. The number of aryl methyl sites for hydroxylation is 2. The average Bonchev–Trinajstić information content (AvgIpc) is 3.62. The number of aromatic nitrogens is 5. The van der Waals surface area contributed by atoms with E-state index in [2.05, 4.69) is 14.9 Å². The van der Waals surface area contributed by atoms with Crippen LogP contribution >= 0.6 is 0 Å². The van der Waals surface area contributed by atoms with Gasteiger partial charge in [0, 0.05) is 38.7 Å². The van der Waals surface area contributed by atoms with Gasteiger partial charge in [-0.3, -0.25) is 14.0 Å². The summed E-state index contributed by atoms with van der Waals surface area (Å²) in [5.41, 5.74) is 5.25. The van der Waals surface area contributed by atoms with E-state index in [1.807, 2.05) is 65.8 Å². The smallest absolute Gasteiger partial charge is 0.335 e. The van der Waals surface area contributed by atoms with Crippen LogP contribution in [0.5, 0.6) is 0 Å². The lowest BCUT2D eigenvalue weighted by molar-refractivity contribution is 0.0697. The molecule has 1 aliphatic rings. The van der Waals surface area contributed by atoms with Crippen molar-refractivity contribution in [1.82, 2.24) is 28.6 Å². The summed E-state index contributed by atoms with van der Waals surface area (Å²) in [6.07, 6.45) is 6.36. The first-order valence-corrected chi connectivity index (χ1v) is 12.6. The molecule has 1 atom stereocenters. The van der Waals surface area contributed by atoms with Crippen molar-refractivity contribution < 1.29 is 9.90 Å². The molecule has 9 heteroatoms. The Morgan fingerprint density at radius 1 is 1.05 bits per heavy atom. The van der Waals surface area contributed by atoms with Crippen molar-refractivity contribution in [3.63, 3.8) is 0 Å². The Labute approximate surface area is 219 Å². The van der Waals surface area contributed by atoms with E-state index in [-0.39, 0.29) is 17.3 Å². The third-order valence-corrected chi connectivity index (χ3v) is 7.43. The second-order valence-corrected chi connectivity index (χ2v) is 9.85. The third kappa shape index (κ3) is 4.10.